The number of thioether (sulfide) groups is 1. The molecule has 0 aliphatic carbocycles. The first-order valence-corrected chi connectivity index (χ1v) is 12.5. The third-order valence-electron chi connectivity index (χ3n) is 6.54. The smallest absolute Gasteiger partial charge is 0.0594 e. The zero-order chi connectivity index (χ0) is 20.2. The average molecular weight is 421 g/mol. The van der Waals surface area contributed by atoms with Crippen LogP contribution >= 0.6 is 11.8 Å². The van der Waals surface area contributed by atoms with E-state index in [4.69, 9.17) is 4.74 Å². The van der Waals surface area contributed by atoms with E-state index < -0.39 is 0 Å². The lowest BCUT2D eigenvalue weighted by Gasteiger charge is -2.26. The number of nitrogens with zero attached hydrogens (tertiary/aromatic N) is 2. The first-order chi connectivity index (χ1) is 14.9. The molecule has 0 atom stereocenters. The van der Waals surface area contributed by atoms with Crippen LogP contribution in [0.1, 0.15) is 31.2 Å². The molecular formula is C26H32N2OS. The normalized spacial score (nSPS) is 16.9. The van der Waals surface area contributed by atoms with Crippen molar-refractivity contribution in [2.45, 2.75) is 43.5 Å². The van der Waals surface area contributed by atoms with Gasteiger partial charge in [0.2, 0.25) is 0 Å². The van der Waals surface area contributed by atoms with Crippen LogP contribution in [0.15, 0.2) is 53.4 Å². The fraction of sp³-hybridized carbons (Fsp3) is 0.462. The van der Waals surface area contributed by atoms with Crippen LogP contribution in [-0.4, -0.2) is 48.1 Å². The summed E-state index contributed by atoms with van der Waals surface area (Å²) in [6.45, 7) is 6.39. The van der Waals surface area contributed by atoms with Crippen LogP contribution in [0.3, 0.4) is 0 Å². The molecule has 1 saturated heterocycles. The number of hydrogen-bond donors (Lipinski definition) is 0. The van der Waals surface area contributed by atoms with Crippen molar-refractivity contribution in [1.82, 2.24) is 9.47 Å². The van der Waals surface area contributed by atoms with Gasteiger partial charge >= 0.3 is 0 Å². The minimum Gasteiger partial charge on any atom is -0.379 e. The highest BCUT2D eigenvalue weighted by atomic mass is 32.2. The zero-order valence-electron chi connectivity index (χ0n) is 17.8. The van der Waals surface area contributed by atoms with Crippen molar-refractivity contribution in [2.75, 3.05) is 38.6 Å². The number of aryl methyl sites for hydroxylation is 2. The molecule has 0 spiro atoms. The molecule has 5 rings (SSSR count). The van der Waals surface area contributed by atoms with E-state index in [0.717, 1.165) is 39.3 Å². The number of unbranched alkanes of at least 4 members (excludes halogenated alkanes) is 3. The van der Waals surface area contributed by atoms with Crippen LogP contribution in [0.2, 0.25) is 0 Å². The van der Waals surface area contributed by atoms with Gasteiger partial charge in [-0.05, 0) is 43.5 Å². The monoisotopic (exact) mass is 420 g/mol. The summed E-state index contributed by atoms with van der Waals surface area (Å²) in [7, 11) is 0. The van der Waals surface area contributed by atoms with E-state index in [1.807, 2.05) is 11.8 Å². The predicted octanol–water partition coefficient (Wildman–Crippen LogP) is 5.85. The van der Waals surface area contributed by atoms with Gasteiger partial charge in [0.25, 0.3) is 0 Å². The molecule has 3 heterocycles. The highest BCUT2D eigenvalue weighted by molar-refractivity contribution is 7.99. The first-order valence-electron chi connectivity index (χ1n) is 11.5. The summed E-state index contributed by atoms with van der Waals surface area (Å²) in [6.07, 6.45) is 6.35. The molecule has 0 N–H and O–H groups in total. The van der Waals surface area contributed by atoms with E-state index in [9.17, 15) is 0 Å². The third kappa shape index (κ3) is 4.18. The molecule has 30 heavy (non-hydrogen) atoms. The number of para-hydroxylation sites is 1. The van der Waals surface area contributed by atoms with Gasteiger partial charge in [-0.3, -0.25) is 4.90 Å². The Kier molecular flexibility index (Phi) is 6.45. The molecule has 158 valence electrons. The lowest BCUT2D eigenvalue weighted by Crippen LogP contribution is -2.36. The number of fused-ring (bicyclic) bond motifs is 5. The minimum absolute atomic E-state index is 0.908. The van der Waals surface area contributed by atoms with Gasteiger partial charge < -0.3 is 9.30 Å². The van der Waals surface area contributed by atoms with Gasteiger partial charge in [0.1, 0.15) is 0 Å². The largest absolute Gasteiger partial charge is 0.379 e. The fourth-order valence-corrected chi connectivity index (χ4v) is 6.02. The molecule has 3 nitrogen and oxygen atoms in total. The van der Waals surface area contributed by atoms with Gasteiger partial charge in [-0.1, -0.05) is 49.2 Å². The zero-order valence-corrected chi connectivity index (χ0v) is 18.6. The second-order valence-electron chi connectivity index (χ2n) is 8.46. The summed E-state index contributed by atoms with van der Waals surface area (Å²) in [5, 5.41) is 1.46. The van der Waals surface area contributed by atoms with Crippen molar-refractivity contribution < 1.29 is 4.74 Å². The highest BCUT2D eigenvalue weighted by Gasteiger charge is 2.22. The number of aromatic nitrogens is 1. The van der Waals surface area contributed by atoms with Crippen LogP contribution in [0, 0.1) is 0 Å². The third-order valence-corrected chi connectivity index (χ3v) is 7.61. The quantitative estimate of drug-likeness (QED) is 0.447. The second-order valence-corrected chi connectivity index (χ2v) is 9.60. The lowest BCUT2D eigenvalue weighted by atomic mass is 10.0. The van der Waals surface area contributed by atoms with Crippen LogP contribution in [-0.2, 0) is 17.7 Å². The van der Waals surface area contributed by atoms with Gasteiger partial charge in [0, 0.05) is 46.7 Å². The fourth-order valence-electron chi connectivity index (χ4n) is 5.00. The molecule has 0 bridgehead atoms. The number of benzene rings is 2. The number of hydrogen-bond acceptors (Lipinski definition) is 3. The molecule has 4 heteroatoms. The summed E-state index contributed by atoms with van der Waals surface area (Å²) in [4.78, 5) is 3.99. The molecule has 0 unspecified atom stereocenters. The van der Waals surface area contributed by atoms with E-state index in [1.165, 1.54) is 65.0 Å². The Hall–Kier alpha value is -1.75. The molecule has 1 fully saturated rings. The van der Waals surface area contributed by atoms with Crippen molar-refractivity contribution >= 4 is 22.7 Å². The van der Waals surface area contributed by atoms with Gasteiger partial charge in [0.05, 0.1) is 18.9 Å². The van der Waals surface area contributed by atoms with Crippen LogP contribution in [0.25, 0.3) is 22.2 Å². The number of morpholine rings is 1. The molecular weight excluding hydrogens is 388 g/mol. The Bertz CT molecular complexity index is 990. The molecule has 2 aliphatic rings. The summed E-state index contributed by atoms with van der Waals surface area (Å²) in [5.74, 6) is 1.17. The summed E-state index contributed by atoms with van der Waals surface area (Å²) in [6, 6.07) is 18.0. The Balaban J connectivity index is 1.31. The van der Waals surface area contributed by atoms with E-state index in [-0.39, 0.29) is 0 Å². The Morgan fingerprint density at radius 1 is 0.833 bits per heavy atom. The topological polar surface area (TPSA) is 17.4 Å². The highest BCUT2D eigenvalue weighted by Crippen LogP contribution is 2.42. The molecule has 0 radical (unpaired) electrons. The van der Waals surface area contributed by atoms with Crippen molar-refractivity contribution in [3.05, 3.63) is 54.1 Å². The van der Waals surface area contributed by atoms with E-state index >= 15 is 0 Å². The molecule has 3 aromatic rings. The van der Waals surface area contributed by atoms with Crippen LogP contribution < -0.4 is 0 Å². The molecule has 1 aromatic heterocycles. The van der Waals surface area contributed by atoms with Crippen molar-refractivity contribution in [3.63, 3.8) is 0 Å². The molecule has 2 aliphatic heterocycles. The van der Waals surface area contributed by atoms with E-state index in [2.05, 4.69) is 58.0 Å². The summed E-state index contributed by atoms with van der Waals surface area (Å²) in [5.41, 5.74) is 5.87. The van der Waals surface area contributed by atoms with Crippen LogP contribution in [0.4, 0.5) is 0 Å². The van der Waals surface area contributed by atoms with Gasteiger partial charge in [-0.15, -0.1) is 11.8 Å². The van der Waals surface area contributed by atoms with Crippen molar-refractivity contribution in [3.8, 4) is 11.3 Å². The second kappa shape index (κ2) is 9.59. The number of rotatable bonds is 7. The Labute approximate surface area is 184 Å². The van der Waals surface area contributed by atoms with Crippen LogP contribution in [0.5, 0.6) is 0 Å². The first kappa shape index (κ1) is 20.2. The number of ether oxygens (including phenoxy) is 1. The average Bonchev–Trinajstić information content (AvgIpc) is 2.97. The minimum atomic E-state index is 0.908. The van der Waals surface area contributed by atoms with Gasteiger partial charge in [-0.25, -0.2) is 0 Å². The maximum atomic E-state index is 5.45. The van der Waals surface area contributed by atoms with E-state index in [0.29, 0.717) is 0 Å². The molecule has 2 aromatic carbocycles. The SMILES string of the molecule is c1ccc2c(c1)SCCc1c-2n(CCCCCCN2CCOCC2)c2ccccc12. The molecule has 0 saturated carbocycles. The maximum absolute atomic E-state index is 5.45. The van der Waals surface area contributed by atoms with Crippen molar-refractivity contribution in [2.24, 2.45) is 0 Å². The van der Waals surface area contributed by atoms with E-state index in [1.54, 1.807) is 5.56 Å². The van der Waals surface area contributed by atoms with Gasteiger partial charge in [0.15, 0.2) is 0 Å². The Morgan fingerprint density at radius 2 is 1.60 bits per heavy atom. The summed E-state index contributed by atoms with van der Waals surface area (Å²) >= 11 is 2.01. The van der Waals surface area contributed by atoms with Crippen molar-refractivity contribution in [1.29, 1.82) is 0 Å². The van der Waals surface area contributed by atoms with Gasteiger partial charge in [-0.2, -0.15) is 0 Å². The Morgan fingerprint density at radius 3 is 2.50 bits per heavy atom. The predicted molar refractivity (Wildman–Crippen MR) is 128 cm³/mol. The lowest BCUT2D eigenvalue weighted by molar-refractivity contribution is 0.0371. The summed E-state index contributed by atoms with van der Waals surface area (Å²) < 4.78 is 8.08. The maximum Gasteiger partial charge on any atom is 0.0594 e. The standard InChI is InChI=1S/C26H32N2OS/c1(7-14-27-16-18-29-19-17-27)2-8-15-28-24-11-5-3-9-21(24)22-13-20-30-25-12-6-4-10-23(25)26(22)28/h3-6,9-12H,1-2,7-8,13-20H2. The molecule has 0 amide bonds.